The van der Waals surface area contributed by atoms with E-state index < -0.39 is 0 Å². The summed E-state index contributed by atoms with van der Waals surface area (Å²) in [5.74, 6) is 0. The molecular formula is C31H43N3OS. The van der Waals surface area contributed by atoms with Gasteiger partial charge >= 0.3 is 0 Å². The summed E-state index contributed by atoms with van der Waals surface area (Å²) in [5.41, 5.74) is 11.2. The van der Waals surface area contributed by atoms with E-state index in [9.17, 15) is 0 Å². The third-order valence-corrected chi connectivity index (χ3v) is 7.16. The summed E-state index contributed by atoms with van der Waals surface area (Å²) in [5, 5.41) is 0. The maximum Gasteiger partial charge on any atom is 0.204 e. The fraction of sp³-hybridized carbons (Fsp3) is 0.387. The van der Waals surface area contributed by atoms with Gasteiger partial charge in [-0.1, -0.05) is 88.4 Å². The van der Waals surface area contributed by atoms with Crippen LogP contribution in [0.3, 0.4) is 0 Å². The van der Waals surface area contributed by atoms with Gasteiger partial charge in [-0.25, -0.2) is 4.31 Å². The van der Waals surface area contributed by atoms with Crippen LogP contribution in [0.5, 0.6) is 0 Å². The van der Waals surface area contributed by atoms with Crippen LogP contribution in [-0.2, 0) is 24.3 Å². The molecule has 3 aromatic rings. The van der Waals surface area contributed by atoms with E-state index in [1.54, 1.807) is 0 Å². The fourth-order valence-corrected chi connectivity index (χ4v) is 5.38. The number of primary amides is 1. The van der Waals surface area contributed by atoms with Crippen LogP contribution in [0.25, 0.3) is 11.1 Å². The van der Waals surface area contributed by atoms with Gasteiger partial charge in [0, 0.05) is 37.6 Å². The second-order valence-corrected chi connectivity index (χ2v) is 9.48. The van der Waals surface area contributed by atoms with Crippen LogP contribution in [0, 0.1) is 0 Å². The molecule has 0 saturated carbocycles. The van der Waals surface area contributed by atoms with Crippen LogP contribution >= 0.6 is 11.9 Å². The summed E-state index contributed by atoms with van der Waals surface area (Å²) in [4.78, 5) is 12.5. The van der Waals surface area contributed by atoms with Crippen molar-refractivity contribution in [1.82, 2.24) is 9.21 Å². The minimum atomic E-state index is 0.250. The van der Waals surface area contributed by atoms with Gasteiger partial charge in [-0.3, -0.25) is 9.69 Å². The number of benzene rings is 3. The maximum atomic E-state index is 8.58. The van der Waals surface area contributed by atoms with Crippen LogP contribution in [0.15, 0.2) is 77.7 Å². The predicted octanol–water partition coefficient (Wildman–Crippen LogP) is 7.17. The quantitative estimate of drug-likeness (QED) is 0.295. The number of carbonyl (C=O) groups excluding carboxylic acids is 1. The van der Waals surface area contributed by atoms with E-state index in [1.807, 2.05) is 39.6 Å². The molecule has 0 aliphatic carbocycles. The molecule has 1 fully saturated rings. The number of hydrogen-bond donors (Lipinski definition) is 1. The summed E-state index contributed by atoms with van der Waals surface area (Å²) in [6.07, 6.45) is 4.08. The van der Waals surface area contributed by atoms with Crippen molar-refractivity contribution in [2.75, 3.05) is 19.6 Å². The highest BCUT2D eigenvalue weighted by molar-refractivity contribution is 7.97. The summed E-state index contributed by atoms with van der Waals surface area (Å²) in [6.45, 7) is 13.7. The Bertz CT molecular complexity index is 999. The van der Waals surface area contributed by atoms with Gasteiger partial charge in [0.25, 0.3) is 0 Å². The lowest BCUT2D eigenvalue weighted by atomic mass is 9.99. The Morgan fingerprint density at radius 2 is 1.31 bits per heavy atom. The first kappa shape index (κ1) is 29.6. The molecule has 194 valence electrons. The lowest BCUT2D eigenvalue weighted by Gasteiger charge is -2.28. The highest BCUT2D eigenvalue weighted by Gasteiger charge is 2.16. The molecule has 36 heavy (non-hydrogen) atoms. The Kier molecular flexibility index (Phi) is 14.0. The number of rotatable bonds is 5. The lowest BCUT2D eigenvalue weighted by molar-refractivity contribution is -0.106. The zero-order valence-electron chi connectivity index (χ0n) is 22.5. The molecule has 2 heterocycles. The van der Waals surface area contributed by atoms with Gasteiger partial charge in [0.15, 0.2) is 0 Å². The monoisotopic (exact) mass is 505 g/mol. The zero-order valence-corrected chi connectivity index (χ0v) is 23.3. The van der Waals surface area contributed by atoms with E-state index in [1.165, 1.54) is 58.6 Å². The zero-order chi connectivity index (χ0) is 26.2. The minimum Gasteiger partial charge on any atom is -0.372 e. The topological polar surface area (TPSA) is 49.6 Å². The fourth-order valence-electron chi connectivity index (χ4n) is 4.39. The van der Waals surface area contributed by atoms with E-state index in [2.05, 4.69) is 87.7 Å². The molecule has 2 aliphatic heterocycles. The highest BCUT2D eigenvalue weighted by Crippen LogP contribution is 2.29. The molecule has 1 saturated heterocycles. The molecule has 0 unspecified atom stereocenters. The largest absolute Gasteiger partial charge is 0.372 e. The lowest BCUT2D eigenvalue weighted by Crippen LogP contribution is -2.29. The first-order valence-electron chi connectivity index (χ1n) is 13.3. The molecule has 0 radical (unpaired) electrons. The van der Waals surface area contributed by atoms with Crippen molar-refractivity contribution in [3.05, 3.63) is 89.5 Å². The number of nitrogens with two attached hydrogens (primary N) is 1. The molecule has 2 N–H and O–H groups in total. The van der Waals surface area contributed by atoms with Gasteiger partial charge in [-0.2, -0.15) is 0 Å². The van der Waals surface area contributed by atoms with E-state index in [4.69, 9.17) is 4.79 Å². The van der Waals surface area contributed by atoms with Crippen molar-refractivity contribution in [3.8, 4) is 11.1 Å². The van der Waals surface area contributed by atoms with E-state index in [-0.39, 0.29) is 6.41 Å². The van der Waals surface area contributed by atoms with Crippen LogP contribution in [0.2, 0.25) is 0 Å². The number of fused-ring (bicyclic) bond motifs is 1. The smallest absolute Gasteiger partial charge is 0.204 e. The number of amides is 1. The molecule has 5 heteroatoms. The van der Waals surface area contributed by atoms with Gasteiger partial charge in [-0.05, 0) is 71.2 Å². The third kappa shape index (κ3) is 9.12. The maximum absolute atomic E-state index is 8.58. The SMILES string of the molecule is CC.CC.NC=O.c1ccc2c(c1)CCN(Cc1ccc(-c3ccc(SN4CCCC4)cc3)cc1)C2. The third-order valence-electron chi connectivity index (χ3n) is 6.06. The Hall–Kier alpha value is -2.60. The Morgan fingerprint density at radius 1 is 0.778 bits per heavy atom. The highest BCUT2D eigenvalue weighted by atomic mass is 32.2. The van der Waals surface area contributed by atoms with Crippen molar-refractivity contribution in [2.45, 2.75) is 64.9 Å². The summed E-state index contributed by atoms with van der Waals surface area (Å²) >= 11 is 1.90. The van der Waals surface area contributed by atoms with Gasteiger partial charge in [-0.15, -0.1) is 0 Å². The van der Waals surface area contributed by atoms with Crippen LogP contribution in [0.4, 0.5) is 0 Å². The van der Waals surface area contributed by atoms with E-state index in [0.29, 0.717) is 0 Å². The molecule has 0 aromatic heterocycles. The Labute approximate surface area is 223 Å². The number of hydrogen-bond acceptors (Lipinski definition) is 4. The van der Waals surface area contributed by atoms with Crippen molar-refractivity contribution >= 4 is 18.4 Å². The standard InChI is InChI=1S/C26H28N2S.2C2H6.CH3NO/c1-2-6-25-20-27(18-15-22(25)5-1)19-21-7-9-23(10-8-21)24-11-13-26(14-12-24)29-28-16-3-4-17-28;2*1-2;2-1-3/h1-2,5-14H,3-4,15-20H2;2*1-2H3;1H,(H2,2,3). The molecule has 3 aromatic carbocycles. The van der Waals surface area contributed by atoms with Crippen LogP contribution in [0.1, 0.15) is 57.2 Å². The van der Waals surface area contributed by atoms with Crippen molar-refractivity contribution < 1.29 is 4.79 Å². The van der Waals surface area contributed by atoms with Gasteiger partial charge in [0.05, 0.1) is 0 Å². The first-order valence-corrected chi connectivity index (χ1v) is 14.1. The summed E-state index contributed by atoms with van der Waals surface area (Å²) < 4.78 is 2.47. The first-order chi connectivity index (χ1) is 17.7. The predicted molar refractivity (Wildman–Crippen MR) is 156 cm³/mol. The Balaban J connectivity index is 0.000000596. The average Bonchev–Trinajstić information content (AvgIpc) is 3.45. The van der Waals surface area contributed by atoms with Gasteiger partial charge in [0.2, 0.25) is 6.41 Å². The summed E-state index contributed by atoms with van der Waals surface area (Å²) in [7, 11) is 0. The van der Waals surface area contributed by atoms with Crippen molar-refractivity contribution in [3.63, 3.8) is 0 Å². The van der Waals surface area contributed by atoms with Crippen LogP contribution < -0.4 is 5.73 Å². The van der Waals surface area contributed by atoms with Gasteiger partial charge in [0.1, 0.15) is 0 Å². The van der Waals surface area contributed by atoms with Crippen molar-refractivity contribution in [1.29, 1.82) is 0 Å². The molecule has 4 nitrogen and oxygen atoms in total. The number of carbonyl (C=O) groups is 1. The molecule has 0 atom stereocenters. The summed E-state index contributed by atoms with van der Waals surface area (Å²) in [6, 6.07) is 27.0. The number of nitrogens with zero attached hydrogens (tertiary/aromatic N) is 2. The molecule has 0 bridgehead atoms. The van der Waals surface area contributed by atoms with E-state index in [0.717, 1.165) is 26.1 Å². The molecule has 5 rings (SSSR count). The van der Waals surface area contributed by atoms with Crippen molar-refractivity contribution in [2.24, 2.45) is 5.73 Å². The minimum absolute atomic E-state index is 0.250. The van der Waals surface area contributed by atoms with Crippen LogP contribution in [-0.4, -0.2) is 35.2 Å². The normalized spacial score (nSPS) is 14.7. The average molecular weight is 506 g/mol. The molecular weight excluding hydrogens is 462 g/mol. The second-order valence-electron chi connectivity index (χ2n) is 8.31. The molecule has 2 aliphatic rings. The molecule has 0 spiro atoms. The van der Waals surface area contributed by atoms with E-state index >= 15 is 0 Å². The Morgan fingerprint density at radius 3 is 1.89 bits per heavy atom. The van der Waals surface area contributed by atoms with Gasteiger partial charge < -0.3 is 5.73 Å². The molecule has 1 amide bonds. The second kappa shape index (κ2) is 17.0.